The standard InChI is InChI=1S/C18H23N3O7/c1-11-5-3-4-6-14(11)19-18(24)20-16(22)10-28-17(23)13-9-12(21(25)26)7-8-15(13)27-2/h7-9,11,14H,3-6,10H2,1-2H3,(H2,19,20,22,24)/t11-,14-/m0/s1. The number of hydrogen-bond donors (Lipinski definition) is 2. The number of ether oxygens (including phenoxy) is 2. The summed E-state index contributed by atoms with van der Waals surface area (Å²) in [5, 5.41) is 15.7. The third-order valence-corrected chi connectivity index (χ3v) is 4.63. The Labute approximate surface area is 161 Å². The summed E-state index contributed by atoms with van der Waals surface area (Å²) in [7, 11) is 1.29. The minimum Gasteiger partial charge on any atom is -0.496 e. The SMILES string of the molecule is COc1ccc([N+](=O)[O-])cc1C(=O)OCC(=O)NC(=O)N[C@H]1CCCC[C@@H]1C. The highest BCUT2D eigenvalue weighted by Gasteiger charge is 2.24. The number of nitrogens with one attached hydrogen (secondary N) is 2. The van der Waals surface area contributed by atoms with Crippen molar-refractivity contribution in [3.05, 3.63) is 33.9 Å². The van der Waals surface area contributed by atoms with Crippen LogP contribution in [0.1, 0.15) is 43.0 Å². The second-order valence-corrected chi connectivity index (χ2v) is 6.61. The van der Waals surface area contributed by atoms with Gasteiger partial charge in [0.15, 0.2) is 6.61 Å². The molecule has 1 aromatic carbocycles. The van der Waals surface area contributed by atoms with Gasteiger partial charge in [-0.3, -0.25) is 20.2 Å². The topological polar surface area (TPSA) is 137 Å². The maximum Gasteiger partial charge on any atom is 0.342 e. The summed E-state index contributed by atoms with van der Waals surface area (Å²) in [4.78, 5) is 46.1. The number of rotatable bonds is 6. The Morgan fingerprint density at radius 1 is 1.25 bits per heavy atom. The first-order chi connectivity index (χ1) is 13.3. The molecule has 0 aromatic heterocycles. The first kappa shape index (κ1) is 21.1. The largest absolute Gasteiger partial charge is 0.496 e. The zero-order chi connectivity index (χ0) is 20.7. The van der Waals surface area contributed by atoms with Crippen LogP contribution in [0.3, 0.4) is 0 Å². The highest BCUT2D eigenvalue weighted by Crippen LogP contribution is 2.25. The Kier molecular flexibility index (Phi) is 7.30. The predicted octanol–water partition coefficient (Wildman–Crippen LogP) is 2.16. The number of nitro benzene ring substituents is 1. The first-order valence-electron chi connectivity index (χ1n) is 8.91. The summed E-state index contributed by atoms with van der Waals surface area (Å²) in [6.45, 7) is 1.33. The number of non-ortho nitro benzene ring substituents is 1. The molecular formula is C18H23N3O7. The number of nitrogens with zero attached hydrogens (tertiary/aromatic N) is 1. The van der Waals surface area contributed by atoms with Crippen LogP contribution in [0.5, 0.6) is 5.75 Å². The van der Waals surface area contributed by atoms with Crippen molar-refractivity contribution in [3.8, 4) is 5.75 Å². The second kappa shape index (κ2) is 9.67. The molecule has 1 aromatic rings. The zero-order valence-corrected chi connectivity index (χ0v) is 15.7. The molecule has 0 radical (unpaired) electrons. The highest BCUT2D eigenvalue weighted by molar-refractivity contribution is 5.98. The van der Waals surface area contributed by atoms with Crippen LogP contribution < -0.4 is 15.4 Å². The van der Waals surface area contributed by atoms with Crippen LogP contribution in [0.2, 0.25) is 0 Å². The summed E-state index contributed by atoms with van der Waals surface area (Å²) in [6, 6.07) is 2.79. The number of carbonyl (C=O) groups is 3. The quantitative estimate of drug-likeness (QED) is 0.429. The van der Waals surface area contributed by atoms with Crippen molar-refractivity contribution in [2.45, 2.75) is 38.6 Å². The van der Waals surface area contributed by atoms with Crippen LogP contribution in [-0.4, -0.2) is 42.6 Å². The van der Waals surface area contributed by atoms with Gasteiger partial charge in [-0.05, 0) is 24.8 Å². The Balaban J connectivity index is 1.88. The Bertz CT molecular complexity index is 766. The number of amides is 3. The van der Waals surface area contributed by atoms with E-state index in [4.69, 9.17) is 9.47 Å². The van der Waals surface area contributed by atoms with E-state index in [-0.39, 0.29) is 23.0 Å². The number of nitro groups is 1. The first-order valence-corrected chi connectivity index (χ1v) is 8.91. The molecule has 0 heterocycles. The molecule has 0 aliphatic heterocycles. The maximum atomic E-state index is 12.1. The molecule has 3 amide bonds. The van der Waals surface area contributed by atoms with E-state index in [1.165, 1.54) is 19.2 Å². The Hall–Kier alpha value is -3.17. The lowest BCUT2D eigenvalue weighted by Gasteiger charge is -2.29. The minimum absolute atomic E-state index is 0.00164. The summed E-state index contributed by atoms with van der Waals surface area (Å²) in [5.41, 5.74) is -0.511. The third-order valence-electron chi connectivity index (χ3n) is 4.63. The highest BCUT2D eigenvalue weighted by atomic mass is 16.6. The van der Waals surface area contributed by atoms with Crippen LogP contribution in [0.4, 0.5) is 10.5 Å². The maximum absolute atomic E-state index is 12.1. The zero-order valence-electron chi connectivity index (χ0n) is 15.7. The number of urea groups is 1. The molecular weight excluding hydrogens is 370 g/mol. The van der Waals surface area contributed by atoms with Gasteiger partial charge in [-0.15, -0.1) is 0 Å². The van der Waals surface area contributed by atoms with Crippen LogP contribution >= 0.6 is 0 Å². The van der Waals surface area contributed by atoms with Crippen molar-refractivity contribution >= 4 is 23.6 Å². The van der Waals surface area contributed by atoms with Crippen molar-refractivity contribution < 1.29 is 28.8 Å². The van der Waals surface area contributed by atoms with E-state index in [2.05, 4.69) is 10.6 Å². The van der Waals surface area contributed by atoms with Crippen LogP contribution in [0.15, 0.2) is 18.2 Å². The molecule has 2 rings (SSSR count). The van der Waals surface area contributed by atoms with Gasteiger partial charge in [-0.1, -0.05) is 19.8 Å². The molecule has 0 saturated heterocycles. The van der Waals surface area contributed by atoms with Gasteiger partial charge in [0.25, 0.3) is 11.6 Å². The minimum atomic E-state index is -0.975. The average Bonchev–Trinajstić information content (AvgIpc) is 2.67. The van der Waals surface area contributed by atoms with Crippen LogP contribution in [0, 0.1) is 16.0 Å². The van der Waals surface area contributed by atoms with Gasteiger partial charge in [-0.2, -0.15) is 0 Å². The fourth-order valence-electron chi connectivity index (χ4n) is 3.08. The smallest absolute Gasteiger partial charge is 0.342 e. The molecule has 2 N–H and O–H groups in total. The molecule has 2 atom stereocenters. The summed E-state index contributed by atoms with van der Waals surface area (Å²) in [6.07, 6.45) is 4.01. The Morgan fingerprint density at radius 3 is 2.61 bits per heavy atom. The second-order valence-electron chi connectivity index (χ2n) is 6.61. The molecule has 1 saturated carbocycles. The van der Waals surface area contributed by atoms with Gasteiger partial charge < -0.3 is 14.8 Å². The van der Waals surface area contributed by atoms with Gasteiger partial charge in [0.2, 0.25) is 0 Å². The van der Waals surface area contributed by atoms with E-state index in [9.17, 15) is 24.5 Å². The number of methoxy groups -OCH3 is 1. The van der Waals surface area contributed by atoms with Crippen molar-refractivity contribution in [2.75, 3.05) is 13.7 Å². The molecule has 0 spiro atoms. The van der Waals surface area contributed by atoms with Gasteiger partial charge in [0, 0.05) is 18.2 Å². The van der Waals surface area contributed by atoms with Crippen LogP contribution in [-0.2, 0) is 9.53 Å². The number of carbonyl (C=O) groups excluding carboxylic acids is 3. The van der Waals surface area contributed by atoms with Crippen molar-refractivity contribution in [3.63, 3.8) is 0 Å². The van der Waals surface area contributed by atoms with E-state index in [1.54, 1.807) is 0 Å². The number of imide groups is 1. The normalized spacial score (nSPS) is 18.6. The third kappa shape index (κ3) is 5.66. The lowest BCUT2D eigenvalue weighted by atomic mass is 9.86. The molecule has 10 nitrogen and oxygen atoms in total. The molecule has 0 unspecified atom stereocenters. The lowest BCUT2D eigenvalue weighted by molar-refractivity contribution is -0.384. The summed E-state index contributed by atoms with van der Waals surface area (Å²) in [5.74, 6) is -1.38. The molecule has 1 fully saturated rings. The lowest BCUT2D eigenvalue weighted by Crippen LogP contribution is -2.48. The molecule has 10 heteroatoms. The number of esters is 1. The van der Waals surface area contributed by atoms with E-state index in [1.807, 2.05) is 6.92 Å². The molecule has 0 bridgehead atoms. The molecule has 152 valence electrons. The monoisotopic (exact) mass is 393 g/mol. The van der Waals surface area contributed by atoms with E-state index >= 15 is 0 Å². The average molecular weight is 393 g/mol. The Morgan fingerprint density at radius 2 is 1.96 bits per heavy atom. The van der Waals surface area contributed by atoms with E-state index in [0.717, 1.165) is 31.7 Å². The number of hydrogen-bond acceptors (Lipinski definition) is 7. The van der Waals surface area contributed by atoms with Crippen molar-refractivity contribution in [1.82, 2.24) is 10.6 Å². The van der Waals surface area contributed by atoms with E-state index in [0.29, 0.717) is 5.92 Å². The summed E-state index contributed by atoms with van der Waals surface area (Å²) < 4.78 is 9.82. The molecule has 28 heavy (non-hydrogen) atoms. The van der Waals surface area contributed by atoms with Gasteiger partial charge >= 0.3 is 12.0 Å². The number of benzene rings is 1. The molecule has 1 aliphatic rings. The fourth-order valence-corrected chi connectivity index (χ4v) is 3.08. The van der Waals surface area contributed by atoms with Gasteiger partial charge in [0.1, 0.15) is 11.3 Å². The summed E-state index contributed by atoms with van der Waals surface area (Å²) >= 11 is 0. The molecule has 1 aliphatic carbocycles. The van der Waals surface area contributed by atoms with Crippen molar-refractivity contribution in [2.24, 2.45) is 5.92 Å². The van der Waals surface area contributed by atoms with Gasteiger partial charge in [-0.25, -0.2) is 9.59 Å². The van der Waals surface area contributed by atoms with Crippen molar-refractivity contribution in [1.29, 1.82) is 0 Å². The van der Waals surface area contributed by atoms with Crippen LogP contribution in [0.25, 0.3) is 0 Å². The predicted molar refractivity (Wildman–Crippen MR) is 98.0 cm³/mol. The van der Waals surface area contributed by atoms with E-state index < -0.39 is 29.4 Å². The van der Waals surface area contributed by atoms with Gasteiger partial charge in [0.05, 0.1) is 12.0 Å². The fraction of sp³-hybridized carbons (Fsp3) is 0.500.